The quantitative estimate of drug-likeness (QED) is 0.422. The molecule has 1 atom stereocenters. The summed E-state index contributed by atoms with van der Waals surface area (Å²) in [5.41, 5.74) is 3.72. The van der Waals surface area contributed by atoms with E-state index in [0.717, 1.165) is 21.2 Å². The van der Waals surface area contributed by atoms with E-state index in [1.807, 2.05) is 55.5 Å². The lowest BCUT2D eigenvalue weighted by Crippen LogP contribution is -2.10. The van der Waals surface area contributed by atoms with Gasteiger partial charge in [-0.05, 0) is 44.2 Å². The first-order chi connectivity index (χ1) is 14.0. The van der Waals surface area contributed by atoms with Crippen molar-refractivity contribution in [3.63, 3.8) is 0 Å². The molecule has 1 N–H and O–H groups in total. The van der Waals surface area contributed by atoms with E-state index in [2.05, 4.69) is 36.3 Å². The van der Waals surface area contributed by atoms with Crippen LogP contribution < -0.4 is 0 Å². The molecule has 0 saturated carbocycles. The van der Waals surface area contributed by atoms with Gasteiger partial charge in [0.15, 0.2) is 6.10 Å². The zero-order chi connectivity index (χ0) is 20.4. The molecule has 2 aromatic carbocycles. The number of hydrogen-bond acceptors (Lipinski definition) is 6. The first-order valence-corrected chi connectivity index (χ1v) is 9.71. The Morgan fingerprint density at radius 1 is 1.07 bits per heavy atom. The molecule has 2 heterocycles. The van der Waals surface area contributed by atoms with Crippen LogP contribution in [0.4, 0.5) is 0 Å². The number of carbonyl (C=O) groups excluding carboxylic acids is 1. The summed E-state index contributed by atoms with van der Waals surface area (Å²) in [7, 11) is 0. The van der Waals surface area contributed by atoms with Crippen LogP contribution >= 0.6 is 15.9 Å². The van der Waals surface area contributed by atoms with Gasteiger partial charge in [0.2, 0.25) is 5.89 Å². The number of aromatic amines is 1. The van der Waals surface area contributed by atoms with Crippen LogP contribution in [0.3, 0.4) is 0 Å². The molecule has 7 nitrogen and oxygen atoms in total. The second-order valence-corrected chi connectivity index (χ2v) is 7.45. The number of carbonyl (C=O) groups is 1. The zero-order valence-corrected chi connectivity index (χ0v) is 17.3. The maximum absolute atomic E-state index is 12.5. The molecule has 4 rings (SSSR count). The molecule has 0 radical (unpaired) electrons. The Morgan fingerprint density at radius 2 is 1.76 bits per heavy atom. The molecule has 1 unspecified atom stereocenters. The zero-order valence-electron chi connectivity index (χ0n) is 15.7. The lowest BCUT2D eigenvalue weighted by atomic mass is 10.1. The van der Waals surface area contributed by atoms with E-state index in [9.17, 15) is 4.79 Å². The van der Waals surface area contributed by atoms with Gasteiger partial charge in [0.25, 0.3) is 5.89 Å². The van der Waals surface area contributed by atoms with E-state index in [1.165, 1.54) is 0 Å². The lowest BCUT2D eigenvalue weighted by molar-refractivity contribution is 0.0273. The first-order valence-electron chi connectivity index (χ1n) is 8.92. The summed E-state index contributed by atoms with van der Waals surface area (Å²) in [4.78, 5) is 12.5. The number of benzene rings is 2. The van der Waals surface area contributed by atoms with Crippen LogP contribution in [0.1, 0.15) is 35.0 Å². The van der Waals surface area contributed by atoms with E-state index >= 15 is 0 Å². The fourth-order valence-corrected chi connectivity index (χ4v) is 2.95. The molecular weight excluding hydrogens is 436 g/mol. The maximum Gasteiger partial charge on any atom is 0.357 e. The molecule has 2 aromatic heterocycles. The van der Waals surface area contributed by atoms with Crippen molar-refractivity contribution in [2.45, 2.75) is 20.0 Å². The van der Waals surface area contributed by atoms with Gasteiger partial charge in [-0.25, -0.2) is 4.79 Å². The Labute approximate surface area is 175 Å². The van der Waals surface area contributed by atoms with Crippen LogP contribution in [-0.2, 0) is 4.74 Å². The van der Waals surface area contributed by atoms with E-state index in [-0.39, 0.29) is 11.6 Å². The highest BCUT2D eigenvalue weighted by molar-refractivity contribution is 9.10. The Bertz CT molecular complexity index is 1130. The SMILES string of the molecule is Cc1ccc(-c2nnc(C(C)OC(=O)c3cc(-c4ccc(Br)cc4)n[nH]3)o2)cc1. The first kappa shape index (κ1) is 19.1. The summed E-state index contributed by atoms with van der Waals surface area (Å²) in [5, 5.41) is 14.9. The number of aromatic nitrogens is 4. The number of nitrogens with one attached hydrogen (secondary N) is 1. The molecule has 0 aliphatic carbocycles. The molecule has 146 valence electrons. The molecule has 0 bridgehead atoms. The summed E-state index contributed by atoms with van der Waals surface area (Å²) in [5.74, 6) is 0.0481. The largest absolute Gasteiger partial charge is 0.448 e. The number of rotatable bonds is 5. The van der Waals surface area contributed by atoms with Gasteiger partial charge in [-0.3, -0.25) is 5.10 Å². The molecule has 0 aliphatic rings. The van der Waals surface area contributed by atoms with Gasteiger partial charge in [0, 0.05) is 15.6 Å². The predicted molar refractivity (Wildman–Crippen MR) is 110 cm³/mol. The van der Waals surface area contributed by atoms with Crippen molar-refractivity contribution in [2.75, 3.05) is 0 Å². The average molecular weight is 453 g/mol. The van der Waals surface area contributed by atoms with Crippen LogP contribution in [0.5, 0.6) is 0 Å². The standard InChI is InChI=1S/C21H17BrN4O3/c1-12-3-5-15(6-4-12)20-26-25-19(29-20)13(2)28-21(27)18-11-17(23-24-18)14-7-9-16(22)10-8-14/h3-11,13H,1-2H3,(H,23,24). The van der Waals surface area contributed by atoms with E-state index in [1.54, 1.807) is 13.0 Å². The molecule has 0 aliphatic heterocycles. The second kappa shape index (κ2) is 8.00. The summed E-state index contributed by atoms with van der Waals surface area (Å²) in [6, 6.07) is 17.0. The summed E-state index contributed by atoms with van der Waals surface area (Å²) >= 11 is 3.39. The molecule has 0 fully saturated rings. The number of ether oxygens (including phenoxy) is 1. The van der Waals surface area contributed by atoms with E-state index < -0.39 is 12.1 Å². The monoisotopic (exact) mass is 452 g/mol. The fourth-order valence-electron chi connectivity index (χ4n) is 2.68. The van der Waals surface area contributed by atoms with Gasteiger partial charge in [-0.1, -0.05) is 45.8 Å². The third-order valence-corrected chi connectivity index (χ3v) is 4.84. The van der Waals surface area contributed by atoms with Crippen molar-refractivity contribution >= 4 is 21.9 Å². The minimum atomic E-state index is -0.700. The number of aryl methyl sites for hydroxylation is 1. The Balaban J connectivity index is 1.45. The number of hydrogen-bond donors (Lipinski definition) is 1. The number of nitrogens with zero attached hydrogens (tertiary/aromatic N) is 3. The second-order valence-electron chi connectivity index (χ2n) is 6.53. The van der Waals surface area contributed by atoms with Gasteiger partial charge in [0.1, 0.15) is 5.69 Å². The Hall–Kier alpha value is -3.26. The lowest BCUT2D eigenvalue weighted by Gasteiger charge is -2.07. The maximum atomic E-state index is 12.5. The van der Waals surface area contributed by atoms with Crippen LogP contribution in [-0.4, -0.2) is 26.4 Å². The molecule has 4 aromatic rings. The van der Waals surface area contributed by atoms with Gasteiger partial charge in [-0.15, -0.1) is 10.2 Å². The summed E-state index contributed by atoms with van der Waals surface area (Å²) < 4.78 is 12.1. The highest BCUT2D eigenvalue weighted by Crippen LogP contribution is 2.24. The minimum absolute atomic E-state index is 0.224. The van der Waals surface area contributed by atoms with Gasteiger partial charge >= 0.3 is 5.97 Å². The number of H-pyrrole nitrogens is 1. The van der Waals surface area contributed by atoms with Crippen molar-refractivity contribution in [3.8, 4) is 22.7 Å². The Kier molecular flexibility index (Phi) is 5.26. The van der Waals surface area contributed by atoms with Crippen LogP contribution in [0.2, 0.25) is 0 Å². The highest BCUT2D eigenvalue weighted by atomic mass is 79.9. The predicted octanol–water partition coefficient (Wildman–Crippen LogP) is 5.12. The minimum Gasteiger partial charge on any atom is -0.448 e. The van der Waals surface area contributed by atoms with Crippen LogP contribution in [0.15, 0.2) is 63.5 Å². The van der Waals surface area contributed by atoms with Crippen molar-refractivity contribution in [3.05, 3.63) is 76.2 Å². The highest BCUT2D eigenvalue weighted by Gasteiger charge is 2.21. The third-order valence-electron chi connectivity index (χ3n) is 4.31. The molecular formula is C21H17BrN4O3. The van der Waals surface area contributed by atoms with Gasteiger partial charge in [-0.2, -0.15) is 5.10 Å². The molecule has 0 spiro atoms. The number of halogens is 1. The van der Waals surface area contributed by atoms with Gasteiger partial charge in [0.05, 0.1) is 5.69 Å². The smallest absolute Gasteiger partial charge is 0.357 e. The van der Waals surface area contributed by atoms with Crippen molar-refractivity contribution < 1.29 is 13.9 Å². The van der Waals surface area contributed by atoms with Crippen molar-refractivity contribution in [1.29, 1.82) is 0 Å². The van der Waals surface area contributed by atoms with E-state index in [0.29, 0.717) is 11.6 Å². The van der Waals surface area contributed by atoms with Gasteiger partial charge < -0.3 is 9.15 Å². The summed E-state index contributed by atoms with van der Waals surface area (Å²) in [6.45, 7) is 3.68. The summed E-state index contributed by atoms with van der Waals surface area (Å²) in [6.07, 6.45) is -0.700. The normalized spacial score (nSPS) is 12.0. The average Bonchev–Trinajstić information content (AvgIpc) is 3.39. The molecule has 0 amide bonds. The van der Waals surface area contributed by atoms with Crippen molar-refractivity contribution in [1.82, 2.24) is 20.4 Å². The Morgan fingerprint density at radius 3 is 2.48 bits per heavy atom. The topological polar surface area (TPSA) is 93.9 Å². The third kappa shape index (κ3) is 4.27. The van der Waals surface area contributed by atoms with Crippen LogP contribution in [0.25, 0.3) is 22.7 Å². The molecule has 0 saturated heterocycles. The molecule has 29 heavy (non-hydrogen) atoms. The van der Waals surface area contributed by atoms with Crippen molar-refractivity contribution in [2.24, 2.45) is 0 Å². The molecule has 8 heteroatoms. The fraction of sp³-hybridized carbons (Fsp3) is 0.143. The number of esters is 1. The van der Waals surface area contributed by atoms with E-state index in [4.69, 9.17) is 9.15 Å². The van der Waals surface area contributed by atoms with Crippen LogP contribution in [0, 0.1) is 6.92 Å².